The highest BCUT2D eigenvalue weighted by molar-refractivity contribution is 14.1. The molecule has 1 amide bonds. The van der Waals surface area contributed by atoms with E-state index in [0.717, 1.165) is 0 Å². The smallest absolute Gasteiger partial charge is 0.315 e. The van der Waals surface area contributed by atoms with Gasteiger partial charge in [0.05, 0.1) is 9.32 Å². The van der Waals surface area contributed by atoms with Crippen LogP contribution < -0.4 is 10.0 Å². The topological polar surface area (TPSA) is 102 Å². The van der Waals surface area contributed by atoms with E-state index in [0.29, 0.717) is 5.69 Å². The Morgan fingerprint density at radius 1 is 1.24 bits per heavy atom. The summed E-state index contributed by atoms with van der Waals surface area (Å²) in [5.41, 5.74) is 0.512. The van der Waals surface area contributed by atoms with Crippen LogP contribution in [-0.2, 0) is 24.3 Å². The monoisotopic (exact) mass is 426 g/mol. The molecule has 0 aromatic heterocycles. The van der Waals surface area contributed by atoms with Crippen LogP contribution >= 0.6 is 22.6 Å². The summed E-state index contributed by atoms with van der Waals surface area (Å²) in [4.78, 5) is 21.8. The predicted octanol–water partition coefficient (Wildman–Crippen LogP) is 0.901. The van der Waals surface area contributed by atoms with Crippen LogP contribution in [-0.4, -0.2) is 37.9 Å². The van der Waals surface area contributed by atoms with Crippen LogP contribution in [0, 0.1) is 0 Å². The summed E-state index contributed by atoms with van der Waals surface area (Å²) >= 11 is 1.86. The third-order valence-electron chi connectivity index (χ3n) is 2.25. The van der Waals surface area contributed by atoms with Gasteiger partial charge in [-0.2, -0.15) is 0 Å². The van der Waals surface area contributed by atoms with Gasteiger partial charge in [-0.1, -0.05) is 22.6 Å². The van der Waals surface area contributed by atoms with Crippen molar-refractivity contribution in [2.45, 2.75) is 11.8 Å². The first-order chi connectivity index (χ1) is 9.85. The number of sulfonamides is 1. The van der Waals surface area contributed by atoms with E-state index in [9.17, 15) is 18.0 Å². The number of esters is 1. The van der Waals surface area contributed by atoms with E-state index in [1.165, 1.54) is 31.2 Å². The van der Waals surface area contributed by atoms with Crippen molar-refractivity contribution in [1.29, 1.82) is 0 Å². The predicted molar refractivity (Wildman–Crippen MR) is 85.8 cm³/mol. The summed E-state index contributed by atoms with van der Waals surface area (Å²) in [6.07, 6.45) is 0. The Hall–Kier alpha value is -1.20. The number of hydrogen-bond donors (Lipinski definition) is 2. The van der Waals surface area contributed by atoms with Crippen molar-refractivity contribution >= 4 is 50.2 Å². The van der Waals surface area contributed by atoms with E-state index in [-0.39, 0.29) is 28.4 Å². The fourth-order valence-electron chi connectivity index (χ4n) is 1.38. The Morgan fingerprint density at radius 2 is 1.86 bits per heavy atom. The van der Waals surface area contributed by atoms with E-state index in [1.807, 2.05) is 22.6 Å². The molecule has 0 aliphatic rings. The Bertz CT molecular complexity index is 601. The molecular formula is C12H15IN2O5S. The largest absolute Gasteiger partial charge is 0.464 e. The molecule has 2 N–H and O–H groups in total. The number of hydrogen-bond acceptors (Lipinski definition) is 5. The van der Waals surface area contributed by atoms with Gasteiger partial charge in [0.2, 0.25) is 15.9 Å². The number of carbonyl (C=O) groups excluding carboxylic acids is 2. The molecule has 1 aromatic carbocycles. The molecule has 21 heavy (non-hydrogen) atoms. The third kappa shape index (κ3) is 6.40. The van der Waals surface area contributed by atoms with Gasteiger partial charge in [0.1, 0.15) is 6.61 Å². The van der Waals surface area contributed by atoms with Gasteiger partial charge >= 0.3 is 5.97 Å². The highest BCUT2D eigenvalue weighted by Gasteiger charge is 2.13. The van der Waals surface area contributed by atoms with E-state index in [1.54, 1.807) is 0 Å². The third-order valence-corrected chi connectivity index (χ3v) is 4.35. The zero-order valence-electron chi connectivity index (χ0n) is 11.3. The minimum Gasteiger partial charge on any atom is -0.464 e. The molecular weight excluding hydrogens is 411 g/mol. The summed E-state index contributed by atoms with van der Waals surface area (Å²) in [5.74, 6) is -0.629. The molecule has 0 saturated carbocycles. The molecule has 1 aromatic rings. The second-order valence-corrected chi connectivity index (χ2v) is 6.49. The first-order valence-electron chi connectivity index (χ1n) is 5.94. The van der Waals surface area contributed by atoms with E-state index in [2.05, 4.69) is 10.0 Å². The van der Waals surface area contributed by atoms with Crippen LogP contribution in [0.25, 0.3) is 0 Å². The molecule has 1 rings (SSSR count). The van der Waals surface area contributed by atoms with Gasteiger partial charge in [0.25, 0.3) is 0 Å². The number of nitrogens with one attached hydrogen (secondary N) is 2. The van der Waals surface area contributed by atoms with Crippen molar-refractivity contribution < 1.29 is 22.7 Å². The zero-order valence-corrected chi connectivity index (χ0v) is 14.2. The summed E-state index contributed by atoms with van der Waals surface area (Å²) in [6, 6.07) is 5.74. The van der Waals surface area contributed by atoms with Crippen LogP contribution in [0.1, 0.15) is 6.92 Å². The standard InChI is InChI=1S/C12H15IN2O5S/c1-9(16)15-10-2-4-11(5-3-10)21(18,19)14-6-7-20-12(17)8-13/h2-5,14H,6-8H2,1H3,(H,15,16). The average Bonchev–Trinajstić information content (AvgIpc) is 2.43. The Morgan fingerprint density at radius 3 is 2.38 bits per heavy atom. The SMILES string of the molecule is CC(=O)Nc1ccc(S(=O)(=O)NCCOC(=O)CI)cc1. The molecule has 7 nitrogen and oxygen atoms in total. The normalized spacial score (nSPS) is 11.0. The number of benzene rings is 1. The summed E-state index contributed by atoms with van der Waals surface area (Å²) in [6.45, 7) is 1.34. The highest BCUT2D eigenvalue weighted by Crippen LogP contribution is 2.13. The van der Waals surface area contributed by atoms with Crippen LogP contribution in [0.15, 0.2) is 29.2 Å². The lowest BCUT2D eigenvalue weighted by molar-refractivity contribution is -0.139. The lowest BCUT2D eigenvalue weighted by Gasteiger charge is -2.08. The molecule has 116 valence electrons. The van der Waals surface area contributed by atoms with Crippen molar-refractivity contribution in [2.24, 2.45) is 0 Å². The zero-order chi connectivity index (χ0) is 15.9. The van der Waals surface area contributed by atoms with E-state index < -0.39 is 16.0 Å². The van der Waals surface area contributed by atoms with Crippen molar-refractivity contribution in [3.05, 3.63) is 24.3 Å². The van der Waals surface area contributed by atoms with Crippen LogP contribution in [0.2, 0.25) is 0 Å². The number of amides is 1. The molecule has 0 radical (unpaired) electrons. The first-order valence-corrected chi connectivity index (χ1v) is 8.95. The van der Waals surface area contributed by atoms with Gasteiger partial charge in [-0.15, -0.1) is 0 Å². The first kappa shape index (κ1) is 17.9. The molecule has 0 bridgehead atoms. The van der Waals surface area contributed by atoms with Crippen molar-refractivity contribution in [2.75, 3.05) is 22.9 Å². The lowest BCUT2D eigenvalue weighted by Crippen LogP contribution is -2.28. The number of rotatable bonds is 7. The van der Waals surface area contributed by atoms with Crippen LogP contribution in [0.3, 0.4) is 0 Å². The summed E-state index contributed by atoms with van der Waals surface area (Å²) in [5, 5.41) is 2.54. The molecule has 0 unspecified atom stereocenters. The number of halogens is 1. The minimum atomic E-state index is -3.67. The Labute approximate surface area is 136 Å². The number of carbonyl (C=O) groups is 2. The molecule has 0 fully saturated rings. The molecule has 0 aliphatic heterocycles. The average molecular weight is 426 g/mol. The van der Waals surface area contributed by atoms with Crippen molar-refractivity contribution in [3.8, 4) is 0 Å². The molecule has 0 aliphatic carbocycles. The Balaban J connectivity index is 2.57. The summed E-state index contributed by atoms with van der Waals surface area (Å²) in [7, 11) is -3.67. The maximum atomic E-state index is 11.9. The number of anilines is 1. The highest BCUT2D eigenvalue weighted by atomic mass is 127. The van der Waals surface area contributed by atoms with Gasteiger partial charge in [0.15, 0.2) is 0 Å². The minimum absolute atomic E-state index is 0.00182. The van der Waals surface area contributed by atoms with Crippen molar-refractivity contribution in [1.82, 2.24) is 4.72 Å². The van der Waals surface area contributed by atoms with E-state index >= 15 is 0 Å². The fraction of sp³-hybridized carbons (Fsp3) is 0.333. The molecule has 0 atom stereocenters. The van der Waals surface area contributed by atoms with Crippen molar-refractivity contribution in [3.63, 3.8) is 0 Å². The molecule has 0 heterocycles. The molecule has 9 heteroatoms. The second-order valence-electron chi connectivity index (χ2n) is 3.96. The van der Waals surface area contributed by atoms with Crippen LogP contribution in [0.4, 0.5) is 5.69 Å². The quantitative estimate of drug-likeness (QED) is 0.292. The maximum absolute atomic E-state index is 11.9. The van der Waals surface area contributed by atoms with Gasteiger partial charge in [-0.05, 0) is 24.3 Å². The number of ether oxygens (including phenoxy) is 1. The lowest BCUT2D eigenvalue weighted by atomic mass is 10.3. The fourth-order valence-corrected chi connectivity index (χ4v) is 2.62. The van der Waals surface area contributed by atoms with Crippen LogP contribution in [0.5, 0.6) is 0 Å². The molecule has 0 saturated heterocycles. The van der Waals surface area contributed by atoms with Gasteiger partial charge in [0, 0.05) is 19.2 Å². The van der Waals surface area contributed by atoms with Gasteiger partial charge in [-0.25, -0.2) is 13.1 Å². The van der Waals surface area contributed by atoms with Gasteiger partial charge in [-0.3, -0.25) is 9.59 Å². The Kier molecular flexibility index (Phi) is 7.05. The number of alkyl halides is 1. The van der Waals surface area contributed by atoms with Gasteiger partial charge < -0.3 is 10.1 Å². The molecule has 0 spiro atoms. The van der Waals surface area contributed by atoms with E-state index in [4.69, 9.17) is 4.74 Å². The second kappa shape index (κ2) is 8.29. The summed E-state index contributed by atoms with van der Waals surface area (Å²) < 4.78 is 31.2. The maximum Gasteiger partial charge on any atom is 0.315 e.